The first-order valence-electron chi connectivity index (χ1n) is 6.88. The normalized spacial score (nSPS) is 11.2. The minimum Gasteiger partial charge on any atom is -0.496 e. The highest BCUT2D eigenvalue weighted by atomic mass is 79.9. The number of aromatic nitrogens is 2. The summed E-state index contributed by atoms with van der Waals surface area (Å²) in [6.07, 6.45) is -0.0311. The summed E-state index contributed by atoms with van der Waals surface area (Å²) >= 11 is 8.26. The summed E-state index contributed by atoms with van der Waals surface area (Å²) in [5.41, 5.74) is 3.98. The topological polar surface area (TPSA) is 99.3 Å². The van der Waals surface area contributed by atoms with E-state index in [1.165, 1.54) is 6.07 Å². The molecule has 0 aliphatic heterocycles. The second kappa shape index (κ2) is 8.02. The van der Waals surface area contributed by atoms with E-state index in [4.69, 9.17) is 17.0 Å². The summed E-state index contributed by atoms with van der Waals surface area (Å²) in [5, 5.41) is 4.06. The third kappa shape index (κ3) is 4.87. The number of carbonyl (C=O) groups is 1. The summed E-state index contributed by atoms with van der Waals surface area (Å²) < 4.78 is 6.13. The summed E-state index contributed by atoms with van der Waals surface area (Å²) in [5.74, 6) is 0.346. The van der Waals surface area contributed by atoms with Gasteiger partial charge in [0, 0.05) is 11.8 Å². The van der Waals surface area contributed by atoms with Crippen molar-refractivity contribution in [2.75, 3.05) is 7.11 Å². The molecular weight excluding hydrogens is 396 g/mol. The maximum atomic E-state index is 11.9. The van der Waals surface area contributed by atoms with Gasteiger partial charge in [0.15, 0.2) is 4.77 Å². The number of nitrogens with one attached hydrogen (secondary N) is 3. The molecule has 0 bridgehead atoms. The Labute approximate surface area is 151 Å². The number of benzene rings is 1. The van der Waals surface area contributed by atoms with E-state index in [1.54, 1.807) is 20.1 Å². The zero-order chi connectivity index (χ0) is 17.7. The van der Waals surface area contributed by atoms with Crippen LogP contribution in [0.5, 0.6) is 5.75 Å². The van der Waals surface area contributed by atoms with Crippen LogP contribution in [0.4, 0.5) is 0 Å². The number of H-pyrrole nitrogens is 2. The maximum Gasteiger partial charge on any atom is 0.251 e. The smallest absolute Gasteiger partial charge is 0.251 e. The predicted octanol–water partition coefficient (Wildman–Crippen LogP) is 2.29. The van der Waals surface area contributed by atoms with Crippen molar-refractivity contribution < 1.29 is 9.53 Å². The standard InChI is InChI=1S/C15H15BrN4O3S/c1-8(9-3-4-12(23-2)11(16)5-9)19-20-14(22)7-10-6-13(21)18-15(24)17-10/h3-6H,7H2,1-2H3,(H,20,22)(H2,17,18,21,24)/b19-8-. The zero-order valence-electron chi connectivity index (χ0n) is 13.0. The van der Waals surface area contributed by atoms with Gasteiger partial charge in [-0.3, -0.25) is 14.6 Å². The first-order valence-corrected chi connectivity index (χ1v) is 8.08. The van der Waals surface area contributed by atoms with Crippen molar-refractivity contribution >= 4 is 39.8 Å². The SMILES string of the molecule is COc1ccc(/C(C)=N\NC(=O)Cc2cc(=O)[nH]c(=S)[nH]2)cc1Br. The van der Waals surface area contributed by atoms with Crippen molar-refractivity contribution in [1.29, 1.82) is 0 Å². The molecule has 24 heavy (non-hydrogen) atoms. The van der Waals surface area contributed by atoms with Gasteiger partial charge in [-0.05, 0) is 58.8 Å². The molecule has 2 rings (SSSR count). The number of hydrogen-bond acceptors (Lipinski definition) is 5. The average Bonchev–Trinajstić information content (AvgIpc) is 2.51. The molecular formula is C15H15BrN4O3S. The van der Waals surface area contributed by atoms with Gasteiger partial charge in [-0.25, -0.2) is 5.43 Å². The Kier molecular flexibility index (Phi) is 6.04. The Morgan fingerprint density at radius 3 is 2.75 bits per heavy atom. The number of hydrazone groups is 1. The summed E-state index contributed by atoms with van der Waals surface area (Å²) in [6.45, 7) is 1.77. The number of rotatable bonds is 5. The van der Waals surface area contributed by atoms with Gasteiger partial charge in [0.25, 0.3) is 5.56 Å². The molecule has 7 nitrogen and oxygen atoms in total. The van der Waals surface area contributed by atoms with E-state index in [0.29, 0.717) is 17.2 Å². The summed E-state index contributed by atoms with van der Waals surface area (Å²) in [6, 6.07) is 6.77. The molecule has 1 amide bonds. The van der Waals surface area contributed by atoms with E-state index in [2.05, 4.69) is 36.4 Å². The molecule has 0 aliphatic carbocycles. The highest BCUT2D eigenvalue weighted by Gasteiger charge is 2.06. The van der Waals surface area contributed by atoms with Crippen molar-refractivity contribution in [2.45, 2.75) is 13.3 Å². The molecule has 3 N–H and O–H groups in total. The van der Waals surface area contributed by atoms with Crippen LogP contribution in [0.3, 0.4) is 0 Å². The van der Waals surface area contributed by atoms with Gasteiger partial charge in [-0.15, -0.1) is 0 Å². The van der Waals surface area contributed by atoms with Crippen molar-refractivity contribution in [1.82, 2.24) is 15.4 Å². The Morgan fingerprint density at radius 2 is 2.12 bits per heavy atom. The van der Waals surface area contributed by atoms with Crippen molar-refractivity contribution in [2.24, 2.45) is 5.10 Å². The lowest BCUT2D eigenvalue weighted by molar-refractivity contribution is -0.120. The van der Waals surface area contributed by atoms with Gasteiger partial charge in [-0.2, -0.15) is 5.10 Å². The number of ether oxygens (including phenoxy) is 1. The van der Waals surface area contributed by atoms with Crippen molar-refractivity contribution in [3.05, 3.63) is 55.1 Å². The number of carbonyl (C=O) groups excluding carboxylic acids is 1. The van der Waals surface area contributed by atoms with Crippen LogP contribution >= 0.6 is 28.1 Å². The Balaban J connectivity index is 2.06. The molecule has 0 spiro atoms. The number of amides is 1. The van der Waals surface area contributed by atoms with Gasteiger partial charge in [0.05, 0.1) is 23.7 Å². The second-order valence-electron chi connectivity index (χ2n) is 4.87. The molecule has 0 radical (unpaired) electrons. The monoisotopic (exact) mass is 410 g/mol. The van der Waals surface area contributed by atoms with E-state index in [1.807, 2.05) is 12.1 Å². The van der Waals surface area contributed by atoms with E-state index in [0.717, 1.165) is 10.0 Å². The largest absolute Gasteiger partial charge is 0.496 e. The van der Waals surface area contributed by atoms with Crippen LogP contribution in [0.15, 0.2) is 38.6 Å². The maximum absolute atomic E-state index is 11.9. The molecule has 126 valence electrons. The summed E-state index contributed by atoms with van der Waals surface area (Å²) in [4.78, 5) is 28.4. The zero-order valence-corrected chi connectivity index (χ0v) is 15.4. The highest BCUT2D eigenvalue weighted by Crippen LogP contribution is 2.25. The highest BCUT2D eigenvalue weighted by molar-refractivity contribution is 9.10. The molecule has 1 heterocycles. The lowest BCUT2D eigenvalue weighted by Crippen LogP contribution is -2.23. The lowest BCUT2D eigenvalue weighted by atomic mass is 10.1. The molecule has 1 aromatic carbocycles. The van der Waals surface area contributed by atoms with Crippen molar-refractivity contribution in [3.63, 3.8) is 0 Å². The van der Waals surface area contributed by atoms with Crippen LogP contribution in [-0.2, 0) is 11.2 Å². The van der Waals surface area contributed by atoms with Gasteiger partial charge in [-0.1, -0.05) is 0 Å². The van der Waals surface area contributed by atoms with Crippen LogP contribution in [0.1, 0.15) is 18.2 Å². The minimum absolute atomic E-state index is 0.0311. The minimum atomic E-state index is -0.363. The molecule has 0 fully saturated rings. The van der Waals surface area contributed by atoms with E-state index in [9.17, 15) is 9.59 Å². The van der Waals surface area contributed by atoms with E-state index in [-0.39, 0.29) is 22.7 Å². The van der Waals surface area contributed by atoms with Gasteiger partial charge in [0.2, 0.25) is 5.91 Å². The Bertz CT molecular complexity index is 876. The van der Waals surface area contributed by atoms with Gasteiger partial charge < -0.3 is 9.72 Å². The first kappa shape index (κ1) is 18.1. The molecule has 9 heteroatoms. The fraction of sp³-hybridized carbons (Fsp3) is 0.200. The van der Waals surface area contributed by atoms with Crippen LogP contribution < -0.4 is 15.7 Å². The third-order valence-corrected chi connectivity index (χ3v) is 3.91. The van der Waals surface area contributed by atoms with Crippen LogP contribution in [0.2, 0.25) is 0 Å². The predicted molar refractivity (Wildman–Crippen MR) is 97.0 cm³/mol. The van der Waals surface area contributed by atoms with E-state index < -0.39 is 0 Å². The number of methoxy groups -OCH3 is 1. The van der Waals surface area contributed by atoms with E-state index >= 15 is 0 Å². The van der Waals surface area contributed by atoms with Gasteiger partial charge >= 0.3 is 0 Å². The number of nitrogens with zero attached hydrogens (tertiary/aromatic N) is 1. The quantitative estimate of drug-likeness (QED) is 0.399. The average molecular weight is 411 g/mol. The number of halogens is 1. The first-order chi connectivity index (χ1) is 11.4. The molecule has 0 atom stereocenters. The molecule has 1 aromatic heterocycles. The second-order valence-corrected chi connectivity index (χ2v) is 6.13. The van der Waals surface area contributed by atoms with Crippen LogP contribution in [0, 0.1) is 4.77 Å². The Hall–Kier alpha value is -2.26. The summed E-state index contributed by atoms with van der Waals surface area (Å²) in [7, 11) is 1.58. The molecule has 0 aliphatic rings. The number of hydrogen-bond donors (Lipinski definition) is 3. The Morgan fingerprint density at radius 1 is 1.38 bits per heavy atom. The fourth-order valence-electron chi connectivity index (χ4n) is 1.93. The molecule has 0 saturated carbocycles. The molecule has 0 saturated heterocycles. The molecule has 0 unspecified atom stereocenters. The fourth-order valence-corrected chi connectivity index (χ4v) is 2.70. The number of aromatic amines is 2. The van der Waals surface area contributed by atoms with Gasteiger partial charge in [0.1, 0.15) is 5.75 Å². The molecule has 2 aromatic rings. The van der Waals surface area contributed by atoms with Crippen molar-refractivity contribution in [3.8, 4) is 5.75 Å². The third-order valence-electron chi connectivity index (χ3n) is 3.09. The van der Waals surface area contributed by atoms with Crippen LogP contribution in [0.25, 0.3) is 0 Å². The van der Waals surface area contributed by atoms with Crippen LogP contribution in [-0.4, -0.2) is 28.7 Å². The lowest BCUT2D eigenvalue weighted by Gasteiger charge is -2.06.